The van der Waals surface area contributed by atoms with Gasteiger partial charge in [0.2, 0.25) is 11.8 Å². The molecule has 2 bridgehead atoms. The summed E-state index contributed by atoms with van der Waals surface area (Å²) in [6.45, 7) is 6.35. The Morgan fingerprint density at radius 2 is 1.80 bits per heavy atom. The van der Waals surface area contributed by atoms with Crippen molar-refractivity contribution in [2.24, 2.45) is 0 Å². The molecule has 1 saturated carbocycles. The van der Waals surface area contributed by atoms with Gasteiger partial charge in [0.05, 0.1) is 18.3 Å². The van der Waals surface area contributed by atoms with Crippen LogP contribution in [0.25, 0.3) is 0 Å². The van der Waals surface area contributed by atoms with Crippen molar-refractivity contribution in [2.45, 2.75) is 107 Å². The van der Waals surface area contributed by atoms with Crippen LogP contribution in [0.1, 0.15) is 64.6 Å². The summed E-state index contributed by atoms with van der Waals surface area (Å²) in [6.07, 6.45) is -0.900. The van der Waals surface area contributed by atoms with Gasteiger partial charge in [-0.15, -0.1) is 5.10 Å². The summed E-state index contributed by atoms with van der Waals surface area (Å²) < 4.78 is 7.41. The van der Waals surface area contributed by atoms with E-state index in [1.165, 1.54) is 9.80 Å². The third kappa shape index (κ3) is 6.12. The van der Waals surface area contributed by atoms with E-state index in [0.717, 1.165) is 31.4 Å². The fourth-order valence-electron chi connectivity index (χ4n) is 6.30. The Kier molecular flexibility index (Phi) is 8.67. The molecule has 4 heterocycles. The number of nitrogens with one attached hydrogen (secondary N) is 2. The zero-order valence-corrected chi connectivity index (χ0v) is 24.0. The predicted molar refractivity (Wildman–Crippen MR) is 144 cm³/mol. The molecule has 14 nitrogen and oxygen atoms in total. The highest BCUT2D eigenvalue weighted by molar-refractivity contribution is 5.92. The number of hydrogen-bond donors (Lipinski definition) is 5. The van der Waals surface area contributed by atoms with Gasteiger partial charge in [-0.3, -0.25) is 14.4 Å². The van der Waals surface area contributed by atoms with Crippen LogP contribution in [0.15, 0.2) is 6.20 Å². The molecule has 0 unspecified atom stereocenters. The number of aromatic nitrogens is 3. The topological polar surface area (TPSA) is 182 Å². The summed E-state index contributed by atoms with van der Waals surface area (Å²) in [5.74, 6) is -1.54. The fourth-order valence-corrected chi connectivity index (χ4v) is 6.30. The lowest BCUT2D eigenvalue weighted by molar-refractivity contribution is -0.223. The first-order chi connectivity index (χ1) is 19.5. The first-order valence-corrected chi connectivity index (χ1v) is 14.7. The second kappa shape index (κ2) is 11.9. The minimum atomic E-state index is -1.69. The Bertz CT molecular complexity index is 1120. The predicted octanol–water partition coefficient (Wildman–Crippen LogP) is -1.94. The normalized spacial score (nSPS) is 33.9. The van der Waals surface area contributed by atoms with Crippen molar-refractivity contribution in [3.8, 4) is 0 Å². The molecule has 3 aliphatic heterocycles. The summed E-state index contributed by atoms with van der Waals surface area (Å²) in [5, 5.41) is 46.5. The van der Waals surface area contributed by atoms with Crippen molar-refractivity contribution in [1.82, 2.24) is 35.4 Å². The maximum atomic E-state index is 13.7. The van der Waals surface area contributed by atoms with Gasteiger partial charge in [-0.25, -0.2) is 4.68 Å². The molecule has 0 radical (unpaired) electrons. The molecule has 14 heteroatoms. The average molecular weight is 578 g/mol. The van der Waals surface area contributed by atoms with E-state index in [9.17, 15) is 29.7 Å². The summed E-state index contributed by atoms with van der Waals surface area (Å²) in [5.41, 5.74) is 0.491. The molecule has 4 aliphatic rings. The van der Waals surface area contributed by atoms with Gasteiger partial charge in [-0.2, -0.15) is 0 Å². The molecule has 0 aromatic carbocycles. The van der Waals surface area contributed by atoms with Crippen LogP contribution in [0.3, 0.4) is 0 Å². The van der Waals surface area contributed by atoms with E-state index in [0.29, 0.717) is 19.0 Å². The van der Waals surface area contributed by atoms with E-state index in [4.69, 9.17) is 4.74 Å². The van der Waals surface area contributed by atoms with Gasteiger partial charge in [0.15, 0.2) is 6.10 Å². The van der Waals surface area contributed by atoms with E-state index in [1.807, 2.05) is 20.8 Å². The molecular weight excluding hydrogens is 534 g/mol. The van der Waals surface area contributed by atoms with Crippen LogP contribution in [0.5, 0.6) is 0 Å². The second-order valence-corrected chi connectivity index (χ2v) is 12.7. The van der Waals surface area contributed by atoms with Crippen molar-refractivity contribution in [3.05, 3.63) is 11.9 Å². The van der Waals surface area contributed by atoms with Crippen LogP contribution in [0, 0.1) is 0 Å². The van der Waals surface area contributed by atoms with Crippen molar-refractivity contribution >= 4 is 17.7 Å². The molecule has 1 aromatic rings. The molecule has 4 fully saturated rings. The average Bonchev–Trinajstić information content (AvgIpc) is 3.70. The largest absolute Gasteiger partial charge is 0.388 e. The molecule has 5 rings (SSSR count). The Morgan fingerprint density at radius 3 is 2.49 bits per heavy atom. The molecule has 1 aromatic heterocycles. The minimum Gasteiger partial charge on any atom is -0.388 e. The zero-order valence-electron chi connectivity index (χ0n) is 24.0. The third-order valence-electron chi connectivity index (χ3n) is 8.81. The van der Waals surface area contributed by atoms with Gasteiger partial charge < -0.3 is 40.5 Å². The van der Waals surface area contributed by atoms with E-state index < -0.39 is 60.3 Å². The number of nitrogens with zero attached hydrogens (tertiary/aromatic N) is 5. The first-order valence-electron chi connectivity index (χ1n) is 14.7. The maximum Gasteiger partial charge on any atom is 0.255 e. The number of amides is 3. The first kappa shape index (κ1) is 29.8. The van der Waals surface area contributed by atoms with Crippen LogP contribution in [-0.2, 0) is 24.5 Å². The number of hydrogen-bond acceptors (Lipinski definition) is 10. The number of fused-ring (bicyclic) bond motifs is 3. The molecule has 3 amide bonds. The van der Waals surface area contributed by atoms with Gasteiger partial charge in [0.1, 0.15) is 30.5 Å². The van der Waals surface area contributed by atoms with E-state index in [-0.39, 0.29) is 31.6 Å². The van der Waals surface area contributed by atoms with Gasteiger partial charge in [-0.05, 0) is 19.3 Å². The smallest absolute Gasteiger partial charge is 0.255 e. The lowest BCUT2D eigenvalue weighted by atomic mass is 9.93. The standard InChI is InChI=1S/C27H43N7O7/c1-27(2,3)18-13-34(31-30-18)16-8-10-33-19(35)14-32(11-9-28-15-6-4-5-7-15)26(40)24-23(38)22(37)21(36)17(41-24)12-29-25(39)20(16)33/h13,15-17,20-24,28,36-38H,4-12,14H2,1-3H3,(H,29,39)/t16-,17+,20+,21+,22-,23-,24+/m1/s1. The van der Waals surface area contributed by atoms with Crippen molar-refractivity contribution in [3.63, 3.8) is 0 Å². The summed E-state index contributed by atoms with van der Waals surface area (Å²) >= 11 is 0. The second-order valence-electron chi connectivity index (χ2n) is 12.7. The molecule has 0 spiro atoms. The molecule has 7 atom stereocenters. The number of carbonyl (C=O) groups is 3. The SMILES string of the molecule is CC(C)(C)c1cn([C@@H]2CCN3C(=O)CN(CCNC4CCCC4)C(=O)[C@H]4O[C@@H](CNC(=O)[C@H]23)[C@H](O)[C@@H](O)[C@H]4O)nn1. The summed E-state index contributed by atoms with van der Waals surface area (Å²) in [6, 6.07) is -1.08. The molecule has 5 N–H and O–H groups in total. The Hall–Kier alpha value is -2.65. The highest BCUT2D eigenvalue weighted by atomic mass is 16.5. The zero-order chi connectivity index (χ0) is 29.5. The highest BCUT2D eigenvalue weighted by Crippen LogP contribution is 2.31. The Balaban J connectivity index is 1.42. The lowest BCUT2D eigenvalue weighted by Crippen LogP contribution is -2.65. The number of carbonyl (C=O) groups excluding carboxylic acids is 3. The van der Waals surface area contributed by atoms with E-state index >= 15 is 0 Å². The molecular formula is C27H43N7O7. The summed E-state index contributed by atoms with van der Waals surface area (Å²) in [7, 11) is 0. The van der Waals surface area contributed by atoms with Gasteiger partial charge in [-0.1, -0.05) is 38.8 Å². The maximum absolute atomic E-state index is 13.7. The van der Waals surface area contributed by atoms with E-state index in [1.54, 1.807) is 10.9 Å². The van der Waals surface area contributed by atoms with Gasteiger partial charge in [0, 0.05) is 43.8 Å². The van der Waals surface area contributed by atoms with Crippen LogP contribution in [0.4, 0.5) is 0 Å². The molecule has 3 saturated heterocycles. The third-order valence-corrected chi connectivity index (χ3v) is 8.81. The van der Waals surface area contributed by atoms with Crippen LogP contribution in [0.2, 0.25) is 0 Å². The van der Waals surface area contributed by atoms with Gasteiger partial charge in [0.25, 0.3) is 5.91 Å². The fraction of sp³-hybridized carbons (Fsp3) is 0.815. The monoisotopic (exact) mass is 577 g/mol. The number of aliphatic hydroxyl groups is 3. The van der Waals surface area contributed by atoms with Crippen LogP contribution >= 0.6 is 0 Å². The lowest BCUT2D eigenvalue weighted by Gasteiger charge is -2.42. The quantitative estimate of drug-likeness (QED) is 0.264. The number of aliphatic hydroxyl groups excluding tert-OH is 3. The molecule has 1 aliphatic carbocycles. The molecule has 228 valence electrons. The Labute approximate surface area is 239 Å². The van der Waals surface area contributed by atoms with Crippen molar-refractivity contribution in [1.29, 1.82) is 0 Å². The Morgan fingerprint density at radius 1 is 1.07 bits per heavy atom. The van der Waals surface area contributed by atoms with Crippen molar-refractivity contribution < 1.29 is 34.4 Å². The van der Waals surface area contributed by atoms with Crippen LogP contribution in [-0.4, -0.2) is 133 Å². The van der Waals surface area contributed by atoms with E-state index in [2.05, 4.69) is 20.9 Å². The molecule has 41 heavy (non-hydrogen) atoms. The number of ether oxygens (including phenoxy) is 1. The summed E-state index contributed by atoms with van der Waals surface area (Å²) in [4.78, 5) is 43.8. The van der Waals surface area contributed by atoms with Crippen molar-refractivity contribution in [2.75, 3.05) is 32.7 Å². The van der Waals surface area contributed by atoms with Crippen LogP contribution < -0.4 is 10.6 Å². The van der Waals surface area contributed by atoms with Gasteiger partial charge >= 0.3 is 0 Å². The highest BCUT2D eigenvalue weighted by Gasteiger charge is 2.50. The minimum absolute atomic E-state index is 0.170. The number of rotatable bonds is 5.